The molecule has 0 aromatic carbocycles. The monoisotopic (exact) mass is 410 g/mol. The summed E-state index contributed by atoms with van der Waals surface area (Å²) in [6.07, 6.45) is 6.38. The van der Waals surface area contributed by atoms with Crippen molar-refractivity contribution in [2.45, 2.75) is 46.1 Å². The molecular weight excluding hydrogens is 380 g/mol. The Kier molecular flexibility index (Phi) is 5.98. The van der Waals surface area contributed by atoms with Gasteiger partial charge in [-0.15, -0.1) is 5.10 Å². The molecule has 3 aromatic heterocycles. The minimum atomic E-state index is 0.0307. The summed E-state index contributed by atoms with van der Waals surface area (Å²) in [6.45, 7) is 10.2. The molecular formula is C21H30N8O. The van der Waals surface area contributed by atoms with Gasteiger partial charge in [-0.3, -0.25) is 0 Å². The van der Waals surface area contributed by atoms with Crippen LogP contribution in [0, 0.1) is 6.92 Å². The minimum absolute atomic E-state index is 0.0307. The van der Waals surface area contributed by atoms with Gasteiger partial charge in [0.25, 0.3) is 0 Å². The maximum atomic E-state index is 6.10. The Morgan fingerprint density at radius 2 is 2.03 bits per heavy atom. The Hall–Kier alpha value is -2.94. The molecule has 0 saturated carbocycles. The molecule has 4 heterocycles. The standard InChI is InChI=1S/C21H30N8O/c1-4-5-15(3)30-21-26-18(22)20-25-13-17(29(20)27-21)11-16-10-14(2)19(24-12-16)28-8-6-23-7-9-28/h10,12-13,15,23H,4-9,11H2,1-3H3,(H2,22,26,27)/t15-/m1/s1. The smallest absolute Gasteiger partial charge is 0.336 e. The number of nitrogen functional groups attached to an aromatic ring is 1. The third kappa shape index (κ3) is 4.30. The highest BCUT2D eigenvalue weighted by Gasteiger charge is 2.16. The maximum Gasteiger partial charge on any atom is 0.336 e. The SMILES string of the molecule is CCC[C@@H](C)Oc1nc(N)c2ncc(Cc3cnc(N4CCNCC4)c(C)c3)n2n1. The molecule has 1 fully saturated rings. The molecule has 9 heteroatoms. The number of aryl methyl sites for hydroxylation is 1. The van der Waals surface area contributed by atoms with Gasteiger partial charge in [0.1, 0.15) is 5.82 Å². The van der Waals surface area contributed by atoms with Crippen molar-refractivity contribution in [3.63, 3.8) is 0 Å². The number of hydrogen-bond donors (Lipinski definition) is 2. The molecule has 0 aliphatic carbocycles. The number of nitrogens with two attached hydrogens (primary N) is 1. The van der Waals surface area contributed by atoms with Gasteiger partial charge in [-0.2, -0.15) is 4.98 Å². The Morgan fingerprint density at radius 1 is 1.23 bits per heavy atom. The van der Waals surface area contributed by atoms with Crippen molar-refractivity contribution >= 4 is 17.3 Å². The van der Waals surface area contributed by atoms with E-state index in [2.05, 4.69) is 45.2 Å². The van der Waals surface area contributed by atoms with Gasteiger partial charge in [-0.25, -0.2) is 14.5 Å². The zero-order valence-electron chi connectivity index (χ0n) is 17.9. The van der Waals surface area contributed by atoms with Crippen LogP contribution in [0.5, 0.6) is 6.01 Å². The number of pyridine rings is 1. The number of anilines is 2. The highest BCUT2D eigenvalue weighted by Crippen LogP contribution is 2.22. The summed E-state index contributed by atoms with van der Waals surface area (Å²) in [5, 5.41) is 7.91. The number of piperazine rings is 1. The first kappa shape index (κ1) is 20.3. The molecule has 30 heavy (non-hydrogen) atoms. The number of ether oxygens (including phenoxy) is 1. The van der Waals surface area contributed by atoms with Crippen LogP contribution in [0.1, 0.15) is 43.5 Å². The van der Waals surface area contributed by atoms with Crippen LogP contribution >= 0.6 is 0 Å². The van der Waals surface area contributed by atoms with E-state index in [0.717, 1.165) is 56.1 Å². The first-order valence-corrected chi connectivity index (χ1v) is 10.6. The molecule has 9 nitrogen and oxygen atoms in total. The van der Waals surface area contributed by atoms with E-state index >= 15 is 0 Å². The third-order valence-corrected chi connectivity index (χ3v) is 5.35. The second kappa shape index (κ2) is 8.83. The number of imidazole rings is 1. The quantitative estimate of drug-likeness (QED) is 0.609. The van der Waals surface area contributed by atoms with E-state index in [1.54, 1.807) is 10.7 Å². The Labute approximate surface area is 176 Å². The van der Waals surface area contributed by atoms with Gasteiger partial charge in [0.2, 0.25) is 0 Å². The second-order valence-electron chi connectivity index (χ2n) is 7.88. The lowest BCUT2D eigenvalue weighted by Crippen LogP contribution is -2.44. The number of hydrogen-bond acceptors (Lipinski definition) is 8. The van der Waals surface area contributed by atoms with Crippen molar-refractivity contribution in [1.29, 1.82) is 0 Å². The van der Waals surface area contributed by atoms with E-state index < -0.39 is 0 Å². The molecule has 0 spiro atoms. The van der Waals surface area contributed by atoms with Crippen LogP contribution in [0.2, 0.25) is 0 Å². The third-order valence-electron chi connectivity index (χ3n) is 5.35. The topological polar surface area (TPSA) is 106 Å². The molecule has 4 rings (SSSR count). The van der Waals surface area contributed by atoms with E-state index in [9.17, 15) is 0 Å². The first-order chi connectivity index (χ1) is 14.5. The molecule has 1 aliphatic heterocycles. The highest BCUT2D eigenvalue weighted by atomic mass is 16.5. The predicted octanol–water partition coefficient (Wildman–Crippen LogP) is 1.98. The molecule has 160 valence electrons. The molecule has 1 saturated heterocycles. The summed E-state index contributed by atoms with van der Waals surface area (Å²) in [6, 6.07) is 2.47. The molecule has 1 aliphatic rings. The van der Waals surface area contributed by atoms with Crippen LogP contribution < -0.4 is 20.7 Å². The van der Waals surface area contributed by atoms with Gasteiger partial charge in [0.05, 0.1) is 18.0 Å². The van der Waals surface area contributed by atoms with Crippen LogP contribution in [0.15, 0.2) is 18.5 Å². The maximum absolute atomic E-state index is 6.10. The predicted molar refractivity (Wildman–Crippen MR) is 117 cm³/mol. The Morgan fingerprint density at radius 3 is 2.77 bits per heavy atom. The number of nitrogens with one attached hydrogen (secondary N) is 1. The zero-order chi connectivity index (χ0) is 21.1. The van der Waals surface area contributed by atoms with Gasteiger partial charge in [0, 0.05) is 38.8 Å². The molecule has 0 amide bonds. The first-order valence-electron chi connectivity index (χ1n) is 10.6. The normalized spacial score (nSPS) is 15.5. The lowest BCUT2D eigenvalue weighted by atomic mass is 10.1. The highest BCUT2D eigenvalue weighted by molar-refractivity contribution is 5.60. The van der Waals surface area contributed by atoms with Crippen LogP contribution in [-0.4, -0.2) is 56.8 Å². The van der Waals surface area contributed by atoms with E-state index in [0.29, 0.717) is 17.9 Å². The fourth-order valence-electron chi connectivity index (χ4n) is 3.88. The van der Waals surface area contributed by atoms with Gasteiger partial charge >= 0.3 is 6.01 Å². The summed E-state index contributed by atoms with van der Waals surface area (Å²) < 4.78 is 7.58. The van der Waals surface area contributed by atoms with Gasteiger partial charge in [0.15, 0.2) is 11.5 Å². The largest absolute Gasteiger partial charge is 0.459 e. The van der Waals surface area contributed by atoms with Crippen LogP contribution in [0.4, 0.5) is 11.6 Å². The van der Waals surface area contributed by atoms with Crippen LogP contribution in [0.25, 0.3) is 5.65 Å². The van der Waals surface area contributed by atoms with Crippen LogP contribution in [-0.2, 0) is 6.42 Å². The number of aromatic nitrogens is 5. The van der Waals surface area contributed by atoms with Crippen molar-refractivity contribution in [3.05, 3.63) is 35.3 Å². The molecule has 3 aromatic rings. The Bertz CT molecular complexity index is 1010. The molecule has 0 unspecified atom stereocenters. The average Bonchev–Trinajstić information content (AvgIpc) is 3.12. The van der Waals surface area contributed by atoms with Gasteiger partial charge in [-0.1, -0.05) is 19.4 Å². The van der Waals surface area contributed by atoms with Crippen molar-refractivity contribution < 1.29 is 4.74 Å². The summed E-state index contributed by atoms with van der Waals surface area (Å²) in [5.41, 5.74) is 9.85. The summed E-state index contributed by atoms with van der Waals surface area (Å²) >= 11 is 0. The molecule has 0 bridgehead atoms. The fourth-order valence-corrected chi connectivity index (χ4v) is 3.88. The second-order valence-corrected chi connectivity index (χ2v) is 7.88. The van der Waals surface area contributed by atoms with E-state index in [4.69, 9.17) is 15.5 Å². The molecule has 1 atom stereocenters. The minimum Gasteiger partial charge on any atom is -0.459 e. The number of fused-ring (bicyclic) bond motifs is 1. The molecule has 0 radical (unpaired) electrons. The van der Waals surface area contributed by atoms with Crippen LogP contribution in [0.3, 0.4) is 0 Å². The number of nitrogens with zero attached hydrogens (tertiary/aromatic N) is 6. The lowest BCUT2D eigenvalue weighted by molar-refractivity contribution is 0.189. The lowest BCUT2D eigenvalue weighted by Gasteiger charge is -2.29. The van der Waals surface area contributed by atoms with Gasteiger partial charge < -0.3 is 20.7 Å². The van der Waals surface area contributed by atoms with E-state index in [-0.39, 0.29) is 12.1 Å². The van der Waals surface area contributed by atoms with Crippen molar-refractivity contribution in [3.8, 4) is 6.01 Å². The average molecular weight is 411 g/mol. The van der Waals surface area contributed by atoms with Crippen molar-refractivity contribution in [1.82, 2.24) is 29.9 Å². The summed E-state index contributed by atoms with van der Waals surface area (Å²) in [4.78, 5) is 15.7. The summed E-state index contributed by atoms with van der Waals surface area (Å²) in [7, 11) is 0. The van der Waals surface area contributed by atoms with Crippen molar-refractivity contribution in [2.24, 2.45) is 0 Å². The van der Waals surface area contributed by atoms with Gasteiger partial charge in [-0.05, 0) is 31.4 Å². The van der Waals surface area contributed by atoms with Crippen molar-refractivity contribution in [2.75, 3.05) is 36.8 Å². The summed E-state index contributed by atoms with van der Waals surface area (Å²) in [5.74, 6) is 1.38. The Balaban J connectivity index is 1.57. The zero-order valence-corrected chi connectivity index (χ0v) is 17.9. The fraction of sp³-hybridized carbons (Fsp3) is 0.524. The number of rotatable bonds is 7. The molecule has 3 N–H and O–H groups in total. The van der Waals surface area contributed by atoms with E-state index in [1.807, 2.05) is 13.1 Å². The van der Waals surface area contributed by atoms with E-state index in [1.165, 1.54) is 5.56 Å².